The molecule has 2 atom stereocenters. The summed E-state index contributed by atoms with van der Waals surface area (Å²) in [4.78, 5) is 12.4. The van der Waals surface area contributed by atoms with Crippen molar-refractivity contribution in [2.45, 2.75) is 46.1 Å². The first-order valence-electron chi connectivity index (χ1n) is 6.81. The fourth-order valence-electron chi connectivity index (χ4n) is 2.76. The number of hydrogen-bond acceptors (Lipinski definition) is 3. The van der Waals surface area contributed by atoms with E-state index in [0.717, 1.165) is 23.3 Å². The van der Waals surface area contributed by atoms with Gasteiger partial charge in [0.25, 0.3) is 0 Å². The molecule has 19 heavy (non-hydrogen) atoms. The first kappa shape index (κ1) is 14.1. The Morgan fingerprint density at radius 1 is 1.37 bits per heavy atom. The van der Waals surface area contributed by atoms with Gasteiger partial charge >= 0.3 is 0 Å². The van der Waals surface area contributed by atoms with E-state index in [2.05, 4.69) is 19.9 Å². The summed E-state index contributed by atoms with van der Waals surface area (Å²) in [7, 11) is 1.72. The molecule has 0 saturated carbocycles. The SMILES string of the molecule is CO[C@H]1C=C(C)Cc2occ(C)c2C(=O)C[C@@H](C)C1. The number of furan rings is 1. The molecule has 0 N–H and O–H groups in total. The number of fused-ring (bicyclic) bond motifs is 1. The van der Waals surface area contributed by atoms with Crippen LogP contribution in [-0.2, 0) is 11.2 Å². The van der Waals surface area contributed by atoms with E-state index in [1.807, 2.05) is 6.92 Å². The quantitative estimate of drug-likeness (QED) is 0.724. The fourth-order valence-corrected chi connectivity index (χ4v) is 2.76. The van der Waals surface area contributed by atoms with Gasteiger partial charge in [-0.15, -0.1) is 0 Å². The zero-order valence-corrected chi connectivity index (χ0v) is 12.2. The Labute approximate surface area is 114 Å². The van der Waals surface area contributed by atoms with Crippen LogP contribution in [0.3, 0.4) is 0 Å². The number of carbonyl (C=O) groups is 1. The predicted octanol–water partition coefficient (Wildman–Crippen LogP) is 3.70. The van der Waals surface area contributed by atoms with Crippen LogP contribution < -0.4 is 0 Å². The highest BCUT2D eigenvalue weighted by Gasteiger charge is 2.23. The number of aryl methyl sites for hydroxylation is 1. The van der Waals surface area contributed by atoms with Crippen LogP contribution in [0.1, 0.15) is 48.4 Å². The van der Waals surface area contributed by atoms with Gasteiger partial charge in [-0.3, -0.25) is 4.79 Å². The molecular weight excluding hydrogens is 240 g/mol. The average Bonchev–Trinajstić information content (AvgIpc) is 2.68. The summed E-state index contributed by atoms with van der Waals surface area (Å²) in [6.07, 6.45) is 6.04. The summed E-state index contributed by atoms with van der Waals surface area (Å²) >= 11 is 0. The molecule has 1 aliphatic rings. The first-order valence-corrected chi connectivity index (χ1v) is 6.81. The van der Waals surface area contributed by atoms with Crippen LogP contribution in [0.15, 0.2) is 22.3 Å². The summed E-state index contributed by atoms with van der Waals surface area (Å²) in [6.45, 7) is 6.10. The van der Waals surface area contributed by atoms with Crippen molar-refractivity contribution in [1.82, 2.24) is 0 Å². The van der Waals surface area contributed by atoms with Gasteiger partial charge in [-0.1, -0.05) is 18.6 Å². The molecule has 1 aromatic heterocycles. The first-order chi connectivity index (χ1) is 9.01. The number of carbonyl (C=O) groups excluding carboxylic acids is 1. The van der Waals surface area contributed by atoms with Crippen LogP contribution in [0.4, 0.5) is 0 Å². The van der Waals surface area contributed by atoms with Gasteiger partial charge in [-0.25, -0.2) is 0 Å². The minimum Gasteiger partial charge on any atom is -0.468 e. The van der Waals surface area contributed by atoms with Gasteiger partial charge in [0.05, 0.1) is 17.9 Å². The van der Waals surface area contributed by atoms with Crippen molar-refractivity contribution < 1.29 is 13.9 Å². The van der Waals surface area contributed by atoms with Crippen LogP contribution >= 0.6 is 0 Å². The molecule has 0 unspecified atom stereocenters. The fraction of sp³-hybridized carbons (Fsp3) is 0.562. The molecule has 2 rings (SSSR count). The maximum atomic E-state index is 12.4. The van der Waals surface area contributed by atoms with Gasteiger partial charge in [0.15, 0.2) is 5.78 Å². The minimum atomic E-state index is 0.0837. The molecule has 0 radical (unpaired) electrons. The van der Waals surface area contributed by atoms with Gasteiger partial charge in [0.1, 0.15) is 5.76 Å². The maximum absolute atomic E-state index is 12.4. The summed E-state index contributed by atoms with van der Waals surface area (Å²) < 4.78 is 11.0. The summed E-state index contributed by atoms with van der Waals surface area (Å²) in [5.41, 5.74) is 2.92. The molecule has 1 aliphatic carbocycles. The highest BCUT2D eigenvalue weighted by molar-refractivity contribution is 5.98. The molecule has 1 heterocycles. The number of rotatable bonds is 1. The molecule has 1 aromatic rings. The highest BCUT2D eigenvalue weighted by Crippen LogP contribution is 2.26. The second kappa shape index (κ2) is 5.74. The van der Waals surface area contributed by atoms with Gasteiger partial charge < -0.3 is 9.15 Å². The van der Waals surface area contributed by atoms with Crippen LogP contribution in [-0.4, -0.2) is 19.0 Å². The number of ketones is 1. The maximum Gasteiger partial charge on any atom is 0.166 e. The number of hydrogen-bond donors (Lipinski definition) is 0. The molecule has 0 bridgehead atoms. The van der Waals surface area contributed by atoms with Crippen molar-refractivity contribution >= 4 is 5.78 Å². The highest BCUT2D eigenvalue weighted by atomic mass is 16.5. The third-order valence-corrected chi connectivity index (χ3v) is 3.71. The molecule has 0 spiro atoms. The van der Waals surface area contributed by atoms with Crippen molar-refractivity contribution in [2.75, 3.05) is 7.11 Å². The minimum absolute atomic E-state index is 0.0837. The summed E-state index contributed by atoms with van der Waals surface area (Å²) in [5.74, 6) is 1.29. The van der Waals surface area contributed by atoms with Crippen molar-refractivity contribution in [3.8, 4) is 0 Å². The van der Waals surface area contributed by atoms with Crippen LogP contribution in [0, 0.1) is 12.8 Å². The van der Waals surface area contributed by atoms with Gasteiger partial charge in [0.2, 0.25) is 0 Å². The van der Waals surface area contributed by atoms with Crippen LogP contribution in [0.5, 0.6) is 0 Å². The topological polar surface area (TPSA) is 39.4 Å². The lowest BCUT2D eigenvalue weighted by atomic mass is 9.90. The van der Waals surface area contributed by atoms with Crippen molar-refractivity contribution in [3.63, 3.8) is 0 Å². The lowest BCUT2D eigenvalue weighted by Crippen LogP contribution is -2.18. The molecule has 0 fully saturated rings. The van der Waals surface area contributed by atoms with E-state index in [1.165, 1.54) is 5.57 Å². The lowest BCUT2D eigenvalue weighted by Gasteiger charge is -2.19. The Morgan fingerprint density at radius 2 is 2.11 bits per heavy atom. The molecule has 0 aromatic carbocycles. The van der Waals surface area contributed by atoms with E-state index >= 15 is 0 Å². The standard InChI is InChI=1S/C16H22O3/c1-10-5-13(18-4)6-11(2)8-15-16(14(17)7-10)12(3)9-19-15/h6,9-10,13H,5,7-8H2,1-4H3/t10-,13+/m0/s1. The number of Topliss-reactive ketones (excluding diaryl/α,β-unsaturated/α-hetero) is 1. The smallest absolute Gasteiger partial charge is 0.166 e. The zero-order valence-electron chi connectivity index (χ0n) is 12.2. The lowest BCUT2D eigenvalue weighted by molar-refractivity contribution is 0.0913. The summed E-state index contributed by atoms with van der Waals surface area (Å²) in [5, 5.41) is 0. The molecule has 3 nitrogen and oxygen atoms in total. The van der Waals surface area contributed by atoms with E-state index in [9.17, 15) is 4.79 Å². The van der Waals surface area contributed by atoms with E-state index in [1.54, 1.807) is 13.4 Å². The average molecular weight is 262 g/mol. The second-order valence-electron chi connectivity index (χ2n) is 5.65. The van der Waals surface area contributed by atoms with Crippen LogP contribution in [0.2, 0.25) is 0 Å². The van der Waals surface area contributed by atoms with E-state index in [4.69, 9.17) is 9.15 Å². The third-order valence-electron chi connectivity index (χ3n) is 3.71. The Bertz CT molecular complexity index is 496. The molecule has 0 amide bonds. The van der Waals surface area contributed by atoms with Gasteiger partial charge in [-0.05, 0) is 31.7 Å². The Kier molecular flexibility index (Phi) is 4.25. The van der Waals surface area contributed by atoms with E-state index in [-0.39, 0.29) is 11.9 Å². The number of allylic oxidation sites excluding steroid dienone is 1. The Hall–Kier alpha value is -1.35. The molecule has 0 aliphatic heterocycles. The molecule has 3 heteroatoms. The second-order valence-corrected chi connectivity index (χ2v) is 5.65. The molecule has 104 valence electrons. The molecular formula is C16H22O3. The third kappa shape index (κ3) is 3.16. The number of ether oxygens (including phenoxy) is 1. The predicted molar refractivity (Wildman–Crippen MR) is 74.4 cm³/mol. The monoisotopic (exact) mass is 262 g/mol. The van der Waals surface area contributed by atoms with Crippen molar-refractivity contribution in [2.24, 2.45) is 5.92 Å². The van der Waals surface area contributed by atoms with Crippen molar-refractivity contribution in [3.05, 3.63) is 34.8 Å². The van der Waals surface area contributed by atoms with Crippen LogP contribution in [0.25, 0.3) is 0 Å². The molecule has 0 saturated heterocycles. The van der Waals surface area contributed by atoms with E-state index in [0.29, 0.717) is 18.8 Å². The Morgan fingerprint density at radius 3 is 2.79 bits per heavy atom. The number of methoxy groups -OCH3 is 1. The van der Waals surface area contributed by atoms with Crippen molar-refractivity contribution in [1.29, 1.82) is 0 Å². The summed E-state index contributed by atoms with van der Waals surface area (Å²) in [6, 6.07) is 0. The van der Waals surface area contributed by atoms with E-state index < -0.39 is 0 Å². The van der Waals surface area contributed by atoms with Gasteiger partial charge in [-0.2, -0.15) is 0 Å². The van der Waals surface area contributed by atoms with Gasteiger partial charge in [0, 0.05) is 20.0 Å². The zero-order chi connectivity index (χ0) is 14.0. The largest absolute Gasteiger partial charge is 0.468 e. The normalized spacial score (nSPS) is 24.8. The Balaban J connectivity index is 2.40.